The fraction of sp³-hybridized carbons (Fsp3) is 0.600. The second-order valence-electron chi connectivity index (χ2n) is 5.47. The van der Waals surface area contributed by atoms with Crippen molar-refractivity contribution >= 4 is 5.91 Å². The molecular formula is C15H20N2O. The highest BCUT2D eigenvalue weighted by molar-refractivity contribution is 5.92. The fourth-order valence-electron chi connectivity index (χ4n) is 3.51. The topological polar surface area (TPSA) is 33.2 Å². The Morgan fingerprint density at radius 2 is 2.00 bits per heavy atom. The molecule has 1 aliphatic carbocycles. The maximum absolute atomic E-state index is 12.5. The number of rotatable bonds is 1. The zero-order chi connectivity index (χ0) is 12.4. The van der Waals surface area contributed by atoms with Gasteiger partial charge in [0.05, 0.1) is 0 Å². The lowest BCUT2D eigenvalue weighted by Crippen LogP contribution is -2.49. The molecule has 2 atom stereocenters. The number of aromatic nitrogens is 1. The minimum absolute atomic E-state index is 0.132. The molecule has 3 nitrogen and oxygen atoms in total. The molecule has 0 radical (unpaired) electrons. The second-order valence-corrected chi connectivity index (χ2v) is 5.47. The molecule has 0 aromatic carbocycles. The van der Waals surface area contributed by atoms with Crippen LogP contribution in [0.15, 0.2) is 24.4 Å². The first kappa shape index (κ1) is 11.7. The van der Waals surface area contributed by atoms with Crippen molar-refractivity contribution in [3.8, 4) is 0 Å². The predicted octanol–water partition coefficient (Wildman–Crippen LogP) is 2.88. The molecule has 0 bridgehead atoms. The van der Waals surface area contributed by atoms with Crippen molar-refractivity contribution < 1.29 is 4.79 Å². The summed E-state index contributed by atoms with van der Waals surface area (Å²) in [5.41, 5.74) is 0.601. The number of carbonyl (C=O) groups is 1. The summed E-state index contributed by atoms with van der Waals surface area (Å²) in [6.07, 6.45) is 9.26. The number of carbonyl (C=O) groups excluding carboxylic acids is 1. The molecule has 2 fully saturated rings. The van der Waals surface area contributed by atoms with Gasteiger partial charge in [0, 0.05) is 18.8 Å². The number of nitrogens with zero attached hydrogens (tertiary/aromatic N) is 2. The standard InChI is InChI=1S/C15H20N2O/c18-15(13-8-3-4-10-16-13)17-11-5-7-12-6-1-2-9-14(12)17/h3-4,8,10,12,14H,1-2,5-7,9,11H2. The lowest BCUT2D eigenvalue weighted by atomic mass is 9.78. The van der Waals surface area contributed by atoms with Gasteiger partial charge in [-0.2, -0.15) is 0 Å². The van der Waals surface area contributed by atoms with Crippen LogP contribution >= 0.6 is 0 Å². The van der Waals surface area contributed by atoms with Gasteiger partial charge in [0.25, 0.3) is 5.91 Å². The summed E-state index contributed by atoms with van der Waals surface area (Å²) in [6.45, 7) is 0.913. The molecule has 3 heteroatoms. The van der Waals surface area contributed by atoms with Crippen molar-refractivity contribution in [2.45, 2.75) is 44.6 Å². The summed E-state index contributed by atoms with van der Waals surface area (Å²) < 4.78 is 0. The van der Waals surface area contributed by atoms with Gasteiger partial charge in [0.2, 0.25) is 0 Å². The van der Waals surface area contributed by atoms with E-state index in [9.17, 15) is 4.79 Å². The quantitative estimate of drug-likeness (QED) is 0.761. The lowest BCUT2D eigenvalue weighted by Gasteiger charge is -2.44. The molecule has 1 saturated heterocycles. The zero-order valence-corrected chi connectivity index (χ0v) is 10.7. The molecule has 3 rings (SSSR count). The highest BCUT2D eigenvalue weighted by Gasteiger charge is 2.36. The van der Waals surface area contributed by atoms with Crippen LogP contribution in [0.25, 0.3) is 0 Å². The van der Waals surface area contributed by atoms with Gasteiger partial charge in [-0.15, -0.1) is 0 Å². The number of hydrogen-bond acceptors (Lipinski definition) is 2. The minimum atomic E-state index is 0.132. The van der Waals surface area contributed by atoms with Crippen LogP contribution in [-0.4, -0.2) is 28.4 Å². The van der Waals surface area contributed by atoms with Crippen LogP contribution in [0.4, 0.5) is 0 Å². The SMILES string of the molecule is O=C(c1ccccn1)N1CCCC2CCCCC21. The van der Waals surface area contributed by atoms with Crippen LogP contribution in [0.1, 0.15) is 49.0 Å². The molecule has 1 aliphatic heterocycles. The van der Waals surface area contributed by atoms with Crippen molar-refractivity contribution in [3.05, 3.63) is 30.1 Å². The maximum atomic E-state index is 12.5. The Hall–Kier alpha value is -1.38. The fourth-order valence-corrected chi connectivity index (χ4v) is 3.51. The molecule has 1 aromatic rings. The molecule has 2 aliphatic rings. The Labute approximate surface area is 108 Å². The van der Waals surface area contributed by atoms with Crippen molar-refractivity contribution in [1.29, 1.82) is 0 Å². The first-order chi connectivity index (χ1) is 8.86. The van der Waals surface area contributed by atoms with E-state index in [1.807, 2.05) is 18.2 Å². The number of pyridine rings is 1. The van der Waals surface area contributed by atoms with Crippen molar-refractivity contribution in [2.24, 2.45) is 5.92 Å². The molecule has 0 N–H and O–H groups in total. The summed E-state index contributed by atoms with van der Waals surface area (Å²) >= 11 is 0. The summed E-state index contributed by atoms with van der Waals surface area (Å²) in [6, 6.07) is 6.05. The van der Waals surface area contributed by atoms with Crippen LogP contribution < -0.4 is 0 Å². The lowest BCUT2D eigenvalue weighted by molar-refractivity contribution is 0.0385. The third-order valence-electron chi connectivity index (χ3n) is 4.39. The molecular weight excluding hydrogens is 224 g/mol. The molecule has 1 amide bonds. The van der Waals surface area contributed by atoms with E-state index >= 15 is 0 Å². The molecule has 96 valence electrons. The van der Waals surface area contributed by atoms with E-state index < -0.39 is 0 Å². The van der Waals surface area contributed by atoms with E-state index in [0.717, 1.165) is 18.9 Å². The van der Waals surface area contributed by atoms with E-state index in [0.29, 0.717) is 11.7 Å². The first-order valence-corrected chi connectivity index (χ1v) is 7.08. The van der Waals surface area contributed by atoms with Gasteiger partial charge in [-0.05, 0) is 43.7 Å². The smallest absolute Gasteiger partial charge is 0.272 e. The molecule has 1 aromatic heterocycles. The maximum Gasteiger partial charge on any atom is 0.272 e. The number of likely N-dealkylation sites (tertiary alicyclic amines) is 1. The van der Waals surface area contributed by atoms with Crippen LogP contribution in [0, 0.1) is 5.92 Å². The summed E-state index contributed by atoms with van der Waals surface area (Å²) in [4.78, 5) is 18.8. The first-order valence-electron chi connectivity index (χ1n) is 7.08. The van der Waals surface area contributed by atoms with Crippen LogP contribution in [0.5, 0.6) is 0 Å². The van der Waals surface area contributed by atoms with Crippen LogP contribution in [-0.2, 0) is 0 Å². The number of hydrogen-bond donors (Lipinski definition) is 0. The monoisotopic (exact) mass is 244 g/mol. The van der Waals surface area contributed by atoms with E-state index in [-0.39, 0.29) is 5.91 Å². The summed E-state index contributed by atoms with van der Waals surface area (Å²) in [7, 11) is 0. The Balaban J connectivity index is 1.80. The van der Waals surface area contributed by atoms with Gasteiger partial charge in [0.1, 0.15) is 5.69 Å². The Kier molecular flexibility index (Phi) is 3.31. The Morgan fingerprint density at radius 3 is 2.83 bits per heavy atom. The van der Waals surface area contributed by atoms with E-state index in [1.54, 1.807) is 6.20 Å². The van der Waals surface area contributed by atoms with Gasteiger partial charge >= 0.3 is 0 Å². The third-order valence-corrected chi connectivity index (χ3v) is 4.39. The predicted molar refractivity (Wildman–Crippen MR) is 70.3 cm³/mol. The third kappa shape index (κ3) is 2.14. The van der Waals surface area contributed by atoms with E-state index in [2.05, 4.69) is 9.88 Å². The molecule has 1 saturated carbocycles. The summed E-state index contributed by atoms with van der Waals surface area (Å²) in [5, 5.41) is 0. The van der Waals surface area contributed by atoms with Crippen molar-refractivity contribution in [3.63, 3.8) is 0 Å². The van der Waals surface area contributed by atoms with E-state index in [4.69, 9.17) is 0 Å². The number of piperidine rings is 1. The highest BCUT2D eigenvalue weighted by atomic mass is 16.2. The molecule has 2 unspecified atom stereocenters. The van der Waals surface area contributed by atoms with Gasteiger partial charge in [0.15, 0.2) is 0 Å². The molecule has 2 heterocycles. The zero-order valence-electron chi connectivity index (χ0n) is 10.7. The second kappa shape index (κ2) is 5.09. The number of fused-ring (bicyclic) bond motifs is 1. The van der Waals surface area contributed by atoms with Crippen LogP contribution in [0.2, 0.25) is 0 Å². The summed E-state index contributed by atoms with van der Waals surface area (Å²) in [5.74, 6) is 0.868. The average Bonchev–Trinajstić information content (AvgIpc) is 2.47. The van der Waals surface area contributed by atoms with Crippen molar-refractivity contribution in [2.75, 3.05) is 6.54 Å². The van der Waals surface area contributed by atoms with Gasteiger partial charge in [-0.3, -0.25) is 9.78 Å². The normalized spacial score (nSPS) is 27.7. The van der Waals surface area contributed by atoms with E-state index in [1.165, 1.54) is 32.1 Å². The largest absolute Gasteiger partial charge is 0.334 e. The number of amides is 1. The molecule has 18 heavy (non-hydrogen) atoms. The van der Waals surface area contributed by atoms with Gasteiger partial charge < -0.3 is 4.90 Å². The van der Waals surface area contributed by atoms with Crippen molar-refractivity contribution in [1.82, 2.24) is 9.88 Å². The van der Waals surface area contributed by atoms with Crippen LogP contribution in [0.3, 0.4) is 0 Å². The Bertz CT molecular complexity index is 416. The molecule has 0 spiro atoms. The van der Waals surface area contributed by atoms with Gasteiger partial charge in [-0.25, -0.2) is 0 Å². The highest BCUT2D eigenvalue weighted by Crippen LogP contribution is 2.35. The Morgan fingerprint density at radius 1 is 1.17 bits per heavy atom. The van der Waals surface area contributed by atoms with Gasteiger partial charge in [-0.1, -0.05) is 18.9 Å². The average molecular weight is 244 g/mol. The minimum Gasteiger partial charge on any atom is -0.334 e.